The van der Waals surface area contributed by atoms with Crippen LogP contribution in [0.25, 0.3) is 16.6 Å². The Labute approximate surface area is 172 Å². The lowest BCUT2D eigenvalue weighted by molar-refractivity contribution is -0.129. The summed E-state index contributed by atoms with van der Waals surface area (Å²) in [5, 5.41) is 0. The number of amides is 1. The molecule has 0 spiro atoms. The molecular formula is C24H30FN3O. The zero-order valence-electron chi connectivity index (χ0n) is 17.8. The molecule has 154 valence electrons. The summed E-state index contributed by atoms with van der Waals surface area (Å²) < 4.78 is 15.9. The van der Waals surface area contributed by atoms with E-state index in [9.17, 15) is 9.18 Å². The molecule has 2 heterocycles. The maximum Gasteiger partial charge on any atom is 0.224 e. The highest BCUT2D eigenvalue weighted by atomic mass is 19.1. The summed E-state index contributed by atoms with van der Waals surface area (Å²) in [7, 11) is 0. The first-order chi connectivity index (χ1) is 13.8. The second kappa shape index (κ2) is 7.43. The van der Waals surface area contributed by atoms with Crippen molar-refractivity contribution in [2.45, 2.75) is 60.0 Å². The van der Waals surface area contributed by atoms with Crippen molar-refractivity contribution in [3.8, 4) is 0 Å². The van der Waals surface area contributed by atoms with Crippen LogP contribution < -0.4 is 0 Å². The molecule has 1 saturated heterocycles. The fraction of sp³-hybridized carbons (Fsp3) is 0.500. The van der Waals surface area contributed by atoms with Gasteiger partial charge in [-0.05, 0) is 43.2 Å². The highest BCUT2D eigenvalue weighted by Crippen LogP contribution is 2.38. The Morgan fingerprint density at radius 1 is 1.31 bits per heavy atom. The Bertz CT molecular complexity index is 1010. The van der Waals surface area contributed by atoms with Crippen LogP contribution in [0.15, 0.2) is 35.9 Å². The number of hydrogen-bond acceptors (Lipinski definition) is 2. The van der Waals surface area contributed by atoms with Crippen molar-refractivity contribution in [2.75, 3.05) is 6.54 Å². The summed E-state index contributed by atoms with van der Waals surface area (Å²) in [6.45, 7) is 9.99. The molecule has 0 bridgehead atoms. The van der Waals surface area contributed by atoms with Gasteiger partial charge in [-0.15, -0.1) is 0 Å². The highest BCUT2D eigenvalue weighted by Gasteiger charge is 2.31. The Hall–Kier alpha value is -2.43. The number of aromatic nitrogens is 2. The molecule has 1 aromatic heterocycles. The Kier molecular flexibility index (Phi) is 5.09. The van der Waals surface area contributed by atoms with Crippen molar-refractivity contribution in [3.05, 3.63) is 47.6 Å². The minimum absolute atomic E-state index is 0.120. The summed E-state index contributed by atoms with van der Waals surface area (Å²) in [5.41, 5.74) is 3.97. The molecule has 1 atom stereocenters. The minimum atomic E-state index is -0.292. The zero-order valence-corrected chi connectivity index (χ0v) is 17.8. The number of likely N-dealkylation sites (tertiary alicyclic amines) is 1. The van der Waals surface area contributed by atoms with Crippen LogP contribution >= 0.6 is 0 Å². The van der Waals surface area contributed by atoms with Crippen LogP contribution in [0, 0.1) is 17.2 Å². The van der Waals surface area contributed by atoms with Gasteiger partial charge in [0, 0.05) is 24.6 Å². The molecule has 0 radical (unpaired) electrons. The van der Waals surface area contributed by atoms with Crippen molar-refractivity contribution >= 4 is 22.5 Å². The summed E-state index contributed by atoms with van der Waals surface area (Å²) in [5.74, 6) is 1.16. The second-order valence-electron chi connectivity index (χ2n) is 9.31. The largest absolute Gasteiger partial charge is 0.324 e. The average Bonchev–Trinajstić information content (AvgIpc) is 3.15. The molecule has 4 rings (SSSR count). The zero-order chi connectivity index (χ0) is 20.8. The van der Waals surface area contributed by atoms with Gasteiger partial charge in [0.15, 0.2) is 0 Å². The molecule has 5 heteroatoms. The van der Waals surface area contributed by atoms with E-state index in [2.05, 4.69) is 44.4 Å². The van der Waals surface area contributed by atoms with Gasteiger partial charge in [0.25, 0.3) is 0 Å². The standard InChI is InChI=1S/C24H30FN3O/c1-5-6-17-11-22(29)27(14-17)15-28-21-8-7-18(25)12-20(21)26-23(28)19-9-10-24(3,4)13-16(19)2/h7-10,12,17H,5-6,11,13-15H2,1-4H3. The number of nitrogens with zero attached hydrogens (tertiary/aromatic N) is 3. The monoisotopic (exact) mass is 395 g/mol. The van der Waals surface area contributed by atoms with Gasteiger partial charge in [-0.1, -0.05) is 44.9 Å². The number of rotatable bonds is 5. The highest BCUT2D eigenvalue weighted by molar-refractivity contribution is 5.84. The van der Waals surface area contributed by atoms with Gasteiger partial charge in [0.1, 0.15) is 11.6 Å². The maximum absolute atomic E-state index is 13.9. The Morgan fingerprint density at radius 3 is 2.83 bits per heavy atom. The van der Waals surface area contributed by atoms with E-state index in [1.165, 1.54) is 17.7 Å². The quantitative estimate of drug-likeness (QED) is 0.666. The van der Waals surface area contributed by atoms with Gasteiger partial charge < -0.3 is 9.47 Å². The summed E-state index contributed by atoms with van der Waals surface area (Å²) in [6, 6.07) is 4.72. The third kappa shape index (κ3) is 3.87. The first-order valence-electron chi connectivity index (χ1n) is 10.6. The fourth-order valence-corrected chi connectivity index (χ4v) is 4.77. The van der Waals surface area contributed by atoms with Crippen molar-refractivity contribution in [2.24, 2.45) is 11.3 Å². The van der Waals surface area contributed by atoms with E-state index in [0.29, 0.717) is 24.5 Å². The molecular weight excluding hydrogens is 365 g/mol. The van der Waals surface area contributed by atoms with Crippen LogP contribution in [-0.2, 0) is 11.5 Å². The molecule has 2 aromatic rings. The molecule has 4 nitrogen and oxygen atoms in total. The molecule has 1 fully saturated rings. The van der Waals surface area contributed by atoms with Gasteiger partial charge in [-0.3, -0.25) is 4.79 Å². The summed E-state index contributed by atoms with van der Waals surface area (Å²) in [4.78, 5) is 19.3. The van der Waals surface area contributed by atoms with Crippen LogP contribution in [0.2, 0.25) is 0 Å². The van der Waals surface area contributed by atoms with Gasteiger partial charge >= 0.3 is 0 Å². The van der Waals surface area contributed by atoms with Gasteiger partial charge in [0.2, 0.25) is 5.91 Å². The molecule has 1 amide bonds. The van der Waals surface area contributed by atoms with Gasteiger partial charge in [-0.2, -0.15) is 0 Å². The van der Waals surface area contributed by atoms with Crippen LogP contribution in [-0.4, -0.2) is 26.9 Å². The topological polar surface area (TPSA) is 38.1 Å². The lowest BCUT2D eigenvalue weighted by Gasteiger charge is -2.27. The minimum Gasteiger partial charge on any atom is -0.324 e. The lowest BCUT2D eigenvalue weighted by atomic mass is 9.80. The average molecular weight is 396 g/mol. The lowest BCUT2D eigenvalue weighted by Crippen LogP contribution is -2.29. The predicted octanol–water partition coefficient (Wildman–Crippen LogP) is 5.54. The molecule has 29 heavy (non-hydrogen) atoms. The second-order valence-corrected chi connectivity index (χ2v) is 9.31. The van der Waals surface area contributed by atoms with Crippen molar-refractivity contribution in [3.63, 3.8) is 0 Å². The molecule has 2 aliphatic rings. The number of benzene rings is 1. The Balaban J connectivity index is 1.76. The van der Waals surface area contributed by atoms with Crippen LogP contribution in [0.4, 0.5) is 4.39 Å². The van der Waals surface area contributed by atoms with E-state index in [-0.39, 0.29) is 17.1 Å². The number of allylic oxidation sites excluding steroid dienone is 4. The number of halogens is 1. The molecule has 1 aliphatic carbocycles. The first-order valence-corrected chi connectivity index (χ1v) is 10.6. The predicted molar refractivity (Wildman–Crippen MR) is 115 cm³/mol. The Morgan fingerprint density at radius 2 is 2.10 bits per heavy atom. The fourth-order valence-electron chi connectivity index (χ4n) is 4.77. The molecule has 1 unspecified atom stereocenters. The number of carbonyl (C=O) groups is 1. The maximum atomic E-state index is 13.9. The summed E-state index contributed by atoms with van der Waals surface area (Å²) in [6.07, 6.45) is 8.11. The van der Waals surface area contributed by atoms with Crippen molar-refractivity contribution in [1.82, 2.24) is 14.5 Å². The number of carbonyl (C=O) groups excluding carboxylic acids is 1. The van der Waals surface area contributed by atoms with E-state index in [1.54, 1.807) is 6.07 Å². The van der Waals surface area contributed by atoms with E-state index in [1.807, 2.05) is 4.90 Å². The van der Waals surface area contributed by atoms with Crippen LogP contribution in [0.5, 0.6) is 0 Å². The van der Waals surface area contributed by atoms with Gasteiger partial charge in [0.05, 0.1) is 17.7 Å². The number of imidazole rings is 1. The van der Waals surface area contributed by atoms with Crippen molar-refractivity contribution in [1.29, 1.82) is 0 Å². The SMILES string of the molecule is CCCC1CC(=O)N(Cn2c(C3=C(C)CC(C)(C)C=C3)nc3cc(F)ccc32)C1. The van der Waals surface area contributed by atoms with Crippen molar-refractivity contribution < 1.29 is 9.18 Å². The van der Waals surface area contributed by atoms with E-state index in [0.717, 1.165) is 42.7 Å². The normalized spacial score (nSPS) is 21.6. The third-order valence-electron chi connectivity index (χ3n) is 6.14. The van der Waals surface area contributed by atoms with E-state index >= 15 is 0 Å². The van der Waals surface area contributed by atoms with E-state index < -0.39 is 0 Å². The van der Waals surface area contributed by atoms with Crippen LogP contribution in [0.1, 0.15) is 59.2 Å². The third-order valence-corrected chi connectivity index (χ3v) is 6.14. The smallest absolute Gasteiger partial charge is 0.224 e. The van der Waals surface area contributed by atoms with Gasteiger partial charge in [-0.25, -0.2) is 9.37 Å². The first kappa shape index (κ1) is 19.9. The van der Waals surface area contributed by atoms with E-state index in [4.69, 9.17) is 4.98 Å². The molecule has 1 aromatic carbocycles. The number of fused-ring (bicyclic) bond motifs is 1. The molecule has 0 saturated carbocycles. The van der Waals surface area contributed by atoms with Crippen LogP contribution in [0.3, 0.4) is 0 Å². The molecule has 0 N–H and O–H groups in total. The number of hydrogen-bond donors (Lipinski definition) is 0. The molecule has 1 aliphatic heterocycles. The summed E-state index contributed by atoms with van der Waals surface area (Å²) >= 11 is 0.